The van der Waals surface area contributed by atoms with Crippen molar-refractivity contribution in [3.63, 3.8) is 0 Å². The van der Waals surface area contributed by atoms with Gasteiger partial charge in [-0.3, -0.25) is 0 Å². The predicted molar refractivity (Wildman–Crippen MR) is 80.8 cm³/mol. The van der Waals surface area contributed by atoms with Gasteiger partial charge in [0, 0.05) is 18.1 Å². The molecule has 0 saturated carbocycles. The van der Waals surface area contributed by atoms with Crippen LogP contribution < -0.4 is 5.32 Å². The normalized spacial score (nSPS) is 20.2. The second kappa shape index (κ2) is 6.74. The number of nitrogens with one attached hydrogen (secondary N) is 1. The van der Waals surface area contributed by atoms with E-state index in [4.69, 9.17) is 16.3 Å². The maximum absolute atomic E-state index is 6.14. The Kier molecular flexibility index (Phi) is 5.26. The van der Waals surface area contributed by atoms with Gasteiger partial charge in [0.1, 0.15) is 0 Å². The summed E-state index contributed by atoms with van der Waals surface area (Å²) in [6, 6.07) is 8.15. The summed E-state index contributed by atoms with van der Waals surface area (Å²) in [7, 11) is 0. The molecule has 1 aliphatic heterocycles. The van der Waals surface area contributed by atoms with Gasteiger partial charge in [-0.2, -0.15) is 0 Å². The van der Waals surface area contributed by atoms with Crippen molar-refractivity contribution < 1.29 is 4.74 Å². The number of benzene rings is 1. The molecule has 106 valence electrons. The fourth-order valence-electron chi connectivity index (χ4n) is 3.08. The van der Waals surface area contributed by atoms with Gasteiger partial charge < -0.3 is 10.1 Å². The highest BCUT2D eigenvalue weighted by molar-refractivity contribution is 6.30. The van der Waals surface area contributed by atoms with Crippen molar-refractivity contribution in [2.75, 3.05) is 19.7 Å². The van der Waals surface area contributed by atoms with E-state index in [0.717, 1.165) is 31.1 Å². The molecule has 1 aliphatic rings. The second-order valence-electron chi connectivity index (χ2n) is 5.57. The minimum Gasteiger partial charge on any atom is -0.375 e. The number of rotatable bonds is 5. The zero-order valence-corrected chi connectivity index (χ0v) is 12.7. The molecule has 0 amide bonds. The van der Waals surface area contributed by atoms with E-state index in [9.17, 15) is 0 Å². The lowest BCUT2D eigenvalue weighted by Gasteiger charge is -2.40. The number of halogens is 1. The monoisotopic (exact) mass is 281 g/mol. The van der Waals surface area contributed by atoms with Crippen LogP contribution in [-0.4, -0.2) is 25.3 Å². The van der Waals surface area contributed by atoms with Gasteiger partial charge in [-0.15, -0.1) is 0 Å². The predicted octanol–water partition coefficient (Wildman–Crippen LogP) is 3.68. The van der Waals surface area contributed by atoms with E-state index in [1.165, 1.54) is 18.4 Å². The van der Waals surface area contributed by atoms with E-state index >= 15 is 0 Å². The summed E-state index contributed by atoms with van der Waals surface area (Å²) in [6.45, 7) is 7.33. The molecule has 1 atom stereocenters. The van der Waals surface area contributed by atoms with Crippen LogP contribution in [0.5, 0.6) is 0 Å². The minimum absolute atomic E-state index is 0.0648. The topological polar surface area (TPSA) is 21.3 Å². The molecule has 1 fully saturated rings. The molecule has 1 N–H and O–H groups in total. The van der Waals surface area contributed by atoms with Crippen LogP contribution >= 0.6 is 11.6 Å². The first kappa shape index (κ1) is 14.8. The molecule has 1 aromatic carbocycles. The number of hydrogen-bond acceptors (Lipinski definition) is 2. The summed E-state index contributed by atoms with van der Waals surface area (Å²) in [5.41, 5.74) is 1.24. The smallest absolute Gasteiger partial charge is 0.0723 e. The van der Waals surface area contributed by atoms with Crippen LogP contribution in [0.25, 0.3) is 0 Å². The summed E-state index contributed by atoms with van der Waals surface area (Å²) in [5, 5.41) is 4.22. The van der Waals surface area contributed by atoms with E-state index < -0.39 is 0 Å². The van der Waals surface area contributed by atoms with Crippen LogP contribution in [0, 0.1) is 5.92 Å². The van der Waals surface area contributed by atoms with E-state index in [2.05, 4.69) is 31.3 Å². The molecule has 1 unspecified atom stereocenters. The molecule has 0 aromatic heterocycles. The van der Waals surface area contributed by atoms with Crippen molar-refractivity contribution >= 4 is 11.6 Å². The molecule has 19 heavy (non-hydrogen) atoms. The molecule has 1 aromatic rings. The standard InChI is InChI=1S/C16H24ClNO/c1-3-19-16(2,14-8-10-18-11-9-14)12-13-4-6-15(17)7-5-13/h4-7,14,18H,3,8-12H2,1-2H3. The molecule has 2 rings (SSSR count). The Morgan fingerprint density at radius 1 is 1.26 bits per heavy atom. The summed E-state index contributed by atoms with van der Waals surface area (Å²) in [5.74, 6) is 0.629. The zero-order valence-electron chi connectivity index (χ0n) is 11.9. The van der Waals surface area contributed by atoms with Crippen LogP contribution in [0.4, 0.5) is 0 Å². The number of ether oxygens (including phenoxy) is 1. The number of piperidine rings is 1. The third-order valence-corrected chi connectivity index (χ3v) is 4.40. The summed E-state index contributed by atoms with van der Waals surface area (Å²) in [6.07, 6.45) is 3.36. The molecule has 2 nitrogen and oxygen atoms in total. The van der Waals surface area contributed by atoms with Gasteiger partial charge in [-0.05, 0) is 63.4 Å². The third-order valence-electron chi connectivity index (χ3n) is 4.15. The van der Waals surface area contributed by atoms with Crippen LogP contribution in [0.3, 0.4) is 0 Å². The maximum atomic E-state index is 6.14. The van der Waals surface area contributed by atoms with Crippen LogP contribution in [0.2, 0.25) is 5.02 Å². The van der Waals surface area contributed by atoms with Crippen molar-refractivity contribution in [2.24, 2.45) is 5.92 Å². The largest absolute Gasteiger partial charge is 0.375 e. The van der Waals surface area contributed by atoms with Crippen molar-refractivity contribution in [2.45, 2.75) is 38.7 Å². The van der Waals surface area contributed by atoms with Gasteiger partial charge in [0.25, 0.3) is 0 Å². The van der Waals surface area contributed by atoms with Gasteiger partial charge in [0.05, 0.1) is 5.60 Å². The molecule has 0 radical (unpaired) electrons. The molecular weight excluding hydrogens is 258 g/mol. The molecule has 0 aliphatic carbocycles. The minimum atomic E-state index is -0.0648. The molecule has 1 heterocycles. The first-order valence-corrected chi connectivity index (χ1v) is 7.61. The Hall–Kier alpha value is -0.570. The number of hydrogen-bond donors (Lipinski definition) is 1. The lowest BCUT2D eigenvalue weighted by atomic mass is 9.78. The van der Waals surface area contributed by atoms with E-state index in [-0.39, 0.29) is 5.60 Å². The fourth-order valence-corrected chi connectivity index (χ4v) is 3.21. The SMILES string of the molecule is CCOC(C)(Cc1ccc(Cl)cc1)C1CCNCC1. The van der Waals surface area contributed by atoms with Gasteiger partial charge in [-0.25, -0.2) is 0 Å². The van der Waals surface area contributed by atoms with E-state index in [1.807, 2.05) is 12.1 Å². The highest BCUT2D eigenvalue weighted by Crippen LogP contribution is 2.32. The lowest BCUT2D eigenvalue weighted by molar-refractivity contribution is -0.0761. The Bertz CT molecular complexity index is 386. The molecule has 0 bridgehead atoms. The van der Waals surface area contributed by atoms with Crippen molar-refractivity contribution in [1.29, 1.82) is 0 Å². The summed E-state index contributed by atoms with van der Waals surface area (Å²) < 4.78 is 6.14. The van der Waals surface area contributed by atoms with Crippen molar-refractivity contribution in [3.05, 3.63) is 34.9 Å². The first-order valence-electron chi connectivity index (χ1n) is 7.23. The van der Waals surface area contributed by atoms with Crippen LogP contribution in [0.15, 0.2) is 24.3 Å². The Balaban J connectivity index is 2.11. The molecule has 3 heteroatoms. The Morgan fingerprint density at radius 2 is 1.89 bits per heavy atom. The summed E-state index contributed by atoms with van der Waals surface area (Å²) in [4.78, 5) is 0. The maximum Gasteiger partial charge on any atom is 0.0723 e. The molecule has 0 spiro atoms. The fraction of sp³-hybridized carbons (Fsp3) is 0.625. The summed E-state index contributed by atoms with van der Waals surface area (Å²) >= 11 is 5.95. The Labute approximate surface area is 121 Å². The van der Waals surface area contributed by atoms with Crippen molar-refractivity contribution in [3.8, 4) is 0 Å². The Morgan fingerprint density at radius 3 is 2.47 bits per heavy atom. The van der Waals surface area contributed by atoms with Crippen molar-refractivity contribution in [1.82, 2.24) is 5.32 Å². The zero-order chi connectivity index (χ0) is 13.7. The third kappa shape index (κ3) is 3.95. The van der Waals surface area contributed by atoms with Gasteiger partial charge in [0.2, 0.25) is 0 Å². The quantitative estimate of drug-likeness (QED) is 0.889. The first-order chi connectivity index (χ1) is 9.14. The molecule has 1 saturated heterocycles. The van der Waals surface area contributed by atoms with E-state index in [0.29, 0.717) is 5.92 Å². The van der Waals surface area contributed by atoms with Gasteiger partial charge in [0.15, 0.2) is 0 Å². The molecular formula is C16H24ClNO. The highest BCUT2D eigenvalue weighted by Gasteiger charge is 2.35. The van der Waals surface area contributed by atoms with Gasteiger partial charge in [-0.1, -0.05) is 23.7 Å². The average Bonchev–Trinajstić information content (AvgIpc) is 2.43. The highest BCUT2D eigenvalue weighted by atomic mass is 35.5. The van der Waals surface area contributed by atoms with Gasteiger partial charge >= 0.3 is 0 Å². The lowest BCUT2D eigenvalue weighted by Crippen LogP contribution is -2.45. The van der Waals surface area contributed by atoms with E-state index in [1.54, 1.807) is 0 Å². The second-order valence-corrected chi connectivity index (χ2v) is 6.01. The van der Waals surface area contributed by atoms with Crippen LogP contribution in [-0.2, 0) is 11.2 Å². The van der Waals surface area contributed by atoms with Crippen LogP contribution in [0.1, 0.15) is 32.3 Å². The average molecular weight is 282 g/mol.